The molecule has 3 rings (SSSR count). The van der Waals surface area contributed by atoms with Crippen molar-refractivity contribution in [1.82, 2.24) is 0 Å². The lowest BCUT2D eigenvalue weighted by Crippen LogP contribution is -2.54. The normalized spacial score (nSPS) is 50.5. The van der Waals surface area contributed by atoms with Crippen LogP contribution in [0.5, 0.6) is 0 Å². The van der Waals surface area contributed by atoms with Crippen LogP contribution in [0.1, 0.15) is 53.4 Å². The lowest BCUT2D eigenvalue weighted by Gasteiger charge is -2.49. The van der Waals surface area contributed by atoms with Crippen LogP contribution in [0.4, 0.5) is 0 Å². The van der Waals surface area contributed by atoms with E-state index in [1.165, 1.54) is 19.3 Å². The van der Waals surface area contributed by atoms with Gasteiger partial charge in [0.05, 0.1) is 18.3 Å². The molecule has 3 aliphatic rings. The van der Waals surface area contributed by atoms with Crippen molar-refractivity contribution in [1.29, 1.82) is 0 Å². The van der Waals surface area contributed by atoms with Gasteiger partial charge in [0.25, 0.3) is 0 Å². The predicted octanol–water partition coefficient (Wildman–Crippen LogP) is 3.62. The maximum Gasteiger partial charge on any atom is 0.182 e. The predicted molar refractivity (Wildman–Crippen MR) is 78.4 cm³/mol. The summed E-state index contributed by atoms with van der Waals surface area (Å²) in [4.78, 5) is 0. The highest BCUT2D eigenvalue weighted by Gasteiger charge is 2.60. The summed E-state index contributed by atoms with van der Waals surface area (Å²) in [6, 6.07) is 0. The van der Waals surface area contributed by atoms with Crippen LogP contribution in [0.2, 0.25) is 0 Å². The zero-order chi connectivity index (χ0) is 14.5. The zero-order valence-corrected chi connectivity index (χ0v) is 13.6. The molecule has 0 aromatic rings. The molecular formula is C17H30O3. The van der Waals surface area contributed by atoms with Gasteiger partial charge in [-0.15, -0.1) is 0 Å². The Morgan fingerprint density at radius 3 is 2.65 bits per heavy atom. The molecule has 0 aromatic carbocycles. The first kappa shape index (κ1) is 14.8. The van der Waals surface area contributed by atoms with Crippen molar-refractivity contribution in [2.24, 2.45) is 23.2 Å². The van der Waals surface area contributed by atoms with E-state index in [2.05, 4.69) is 27.7 Å². The molecule has 1 heterocycles. The van der Waals surface area contributed by atoms with Crippen molar-refractivity contribution < 1.29 is 14.2 Å². The Kier molecular flexibility index (Phi) is 3.67. The average molecular weight is 282 g/mol. The topological polar surface area (TPSA) is 27.7 Å². The van der Waals surface area contributed by atoms with E-state index in [4.69, 9.17) is 14.2 Å². The number of ether oxygens (including phenoxy) is 3. The molecule has 0 spiro atoms. The van der Waals surface area contributed by atoms with Gasteiger partial charge >= 0.3 is 0 Å². The summed E-state index contributed by atoms with van der Waals surface area (Å²) in [5.41, 5.74) is 0.203. The third kappa shape index (κ3) is 2.22. The maximum atomic E-state index is 6.36. The monoisotopic (exact) mass is 282 g/mol. The summed E-state index contributed by atoms with van der Waals surface area (Å²) >= 11 is 0. The van der Waals surface area contributed by atoms with Crippen molar-refractivity contribution in [2.45, 2.75) is 71.4 Å². The lowest BCUT2D eigenvalue weighted by molar-refractivity contribution is -0.146. The van der Waals surface area contributed by atoms with E-state index in [-0.39, 0.29) is 18.0 Å². The minimum absolute atomic E-state index is 0.132. The van der Waals surface area contributed by atoms with Gasteiger partial charge in [-0.05, 0) is 55.8 Å². The van der Waals surface area contributed by atoms with Crippen LogP contribution in [0.25, 0.3) is 0 Å². The standard InChI is InChI=1S/C17H30O3/c1-11-6-7-16(2,3)13-8-12(11)9-14-17(13,4)20-15(19-14)10-18-5/h11-15H,6-10H2,1-5H3. The number of hydrogen-bond donors (Lipinski definition) is 0. The zero-order valence-electron chi connectivity index (χ0n) is 13.6. The molecule has 1 aliphatic heterocycles. The van der Waals surface area contributed by atoms with Crippen LogP contribution in [0, 0.1) is 23.2 Å². The van der Waals surface area contributed by atoms with Crippen LogP contribution in [0.15, 0.2) is 0 Å². The molecule has 0 N–H and O–H groups in total. The summed E-state index contributed by atoms with van der Waals surface area (Å²) in [7, 11) is 1.71. The number of methoxy groups -OCH3 is 1. The van der Waals surface area contributed by atoms with E-state index in [1.807, 2.05) is 0 Å². The van der Waals surface area contributed by atoms with Crippen LogP contribution < -0.4 is 0 Å². The highest BCUT2D eigenvalue weighted by Crippen LogP contribution is 2.57. The molecule has 2 aliphatic carbocycles. The lowest BCUT2D eigenvalue weighted by atomic mass is 9.60. The first-order valence-corrected chi connectivity index (χ1v) is 8.19. The Balaban J connectivity index is 1.90. The summed E-state index contributed by atoms with van der Waals surface area (Å²) in [5.74, 6) is 2.20. The molecule has 0 amide bonds. The average Bonchev–Trinajstić information content (AvgIpc) is 2.65. The highest BCUT2D eigenvalue weighted by atomic mass is 16.8. The van der Waals surface area contributed by atoms with Crippen molar-refractivity contribution >= 4 is 0 Å². The Morgan fingerprint density at radius 2 is 1.95 bits per heavy atom. The summed E-state index contributed by atoms with van der Waals surface area (Å²) in [6.07, 6.45) is 5.16. The van der Waals surface area contributed by atoms with Gasteiger partial charge in [-0.25, -0.2) is 0 Å². The Bertz CT molecular complexity index is 367. The molecule has 0 radical (unpaired) electrons. The van der Waals surface area contributed by atoms with Crippen molar-refractivity contribution in [3.8, 4) is 0 Å². The maximum absolute atomic E-state index is 6.36. The van der Waals surface area contributed by atoms with Crippen LogP contribution in [-0.4, -0.2) is 31.7 Å². The summed E-state index contributed by atoms with van der Waals surface area (Å²) in [5, 5.41) is 0. The molecule has 3 fully saturated rings. The van der Waals surface area contributed by atoms with Crippen LogP contribution in [0.3, 0.4) is 0 Å². The highest BCUT2D eigenvalue weighted by molar-refractivity contribution is 5.07. The Hall–Kier alpha value is -0.120. The van der Waals surface area contributed by atoms with Crippen molar-refractivity contribution in [3.63, 3.8) is 0 Å². The van der Waals surface area contributed by atoms with Crippen LogP contribution in [-0.2, 0) is 14.2 Å². The molecule has 2 saturated carbocycles. The number of fused-ring (bicyclic) bond motifs is 4. The molecule has 116 valence electrons. The Morgan fingerprint density at radius 1 is 1.20 bits per heavy atom. The fourth-order valence-corrected chi connectivity index (χ4v) is 4.99. The molecule has 3 nitrogen and oxygen atoms in total. The second-order valence-electron chi connectivity index (χ2n) is 8.10. The molecule has 2 bridgehead atoms. The van der Waals surface area contributed by atoms with Gasteiger partial charge in [0.1, 0.15) is 0 Å². The third-order valence-corrected chi connectivity index (χ3v) is 6.38. The van der Waals surface area contributed by atoms with E-state index < -0.39 is 0 Å². The number of rotatable bonds is 2. The van der Waals surface area contributed by atoms with Gasteiger partial charge in [-0.1, -0.05) is 20.8 Å². The van der Waals surface area contributed by atoms with Gasteiger partial charge in [-0.3, -0.25) is 0 Å². The molecule has 6 atom stereocenters. The second kappa shape index (κ2) is 4.96. The fraction of sp³-hybridized carbons (Fsp3) is 1.00. The summed E-state index contributed by atoms with van der Waals surface area (Å²) in [6.45, 7) is 10.1. The minimum Gasteiger partial charge on any atom is -0.379 e. The van der Waals surface area contributed by atoms with Gasteiger partial charge in [0.15, 0.2) is 6.29 Å². The van der Waals surface area contributed by atoms with E-state index in [1.54, 1.807) is 7.11 Å². The number of hydrogen-bond acceptors (Lipinski definition) is 3. The smallest absolute Gasteiger partial charge is 0.182 e. The van der Waals surface area contributed by atoms with E-state index in [0.29, 0.717) is 17.9 Å². The SMILES string of the molecule is COCC1OC2CC3CC(C(C)(C)CCC3C)C2(C)O1. The van der Waals surface area contributed by atoms with Crippen LogP contribution >= 0.6 is 0 Å². The molecule has 0 aromatic heterocycles. The molecule has 20 heavy (non-hydrogen) atoms. The van der Waals surface area contributed by atoms with Gasteiger partial charge in [-0.2, -0.15) is 0 Å². The molecule has 3 heteroatoms. The molecule has 1 saturated heterocycles. The van der Waals surface area contributed by atoms with Gasteiger partial charge in [0.2, 0.25) is 0 Å². The largest absolute Gasteiger partial charge is 0.379 e. The summed E-state index contributed by atoms with van der Waals surface area (Å²) < 4.78 is 17.8. The second-order valence-corrected chi connectivity index (χ2v) is 8.10. The first-order chi connectivity index (χ1) is 9.37. The minimum atomic E-state index is -0.179. The first-order valence-electron chi connectivity index (χ1n) is 8.19. The van der Waals surface area contributed by atoms with E-state index in [9.17, 15) is 0 Å². The fourth-order valence-electron chi connectivity index (χ4n) is 4.99. The van der Waals surface area contributed by atoms with Gasteiger partial charge in [0, 0.05) is 7.11 Å². The van der Waals surface area contributed by atoms with Gasteiger partial charge < -0.3 is 14.2 Å². The quantitative estimate of drug-likeness (QED) is 0.774. The third-order valence-electron chi connectivity index (χ3n) is 6.38. The van der Waals surface area contributed by atoms with E-state index in [0.717, 1.165) is 18.3 Å². The van der Waals surface area contributed by atoms with E-state index >= 15 is 0 Å². The molecule has 6 unspecified atom stereocenters. The van der Waals surface area contributed by atoms with Crippen molar-refractivity contribution in [3.05, 3.63) is 0 Å². The molecular weight excluding hydrogens is 252 g/mol. The van der Waals surface area contributed by atoms with Crippen molar-refractivity contribution in [2.75, 3.05) is 13.7 Å². The Labute approximate surface area is 123 Å².